The summed E-state index contributed by atoms with van der Waals surface area (Å²) in [5, 5.41) is 3.95. The predicted octanol–water partition coefficient (Wildman–Crippen LogP) is 6.71. The molecule has 28 heavy (non-hydrogen) atoms. The SMILES string of the molecule is Cn1cc(CC(c2ccccc2)c2ccc3ccccc3c2)c2ccccc21. The van der Waals surface area contributed by atoms with Crippen LogP contribution in [0.2, 0.25) is 0 Å². The zero-order valence-corrected chi connectivity index (χ0v) is 16.0. The monoisotopic (exact) mass is 361 g/mol. The van der Waals surface area contributed by atoms with Gasteiger partial charge in [-0.15, -0.1) is 0 Å². The van der Waals surface area contributed by atoms with Crippen molar-refractivity contribution in [3.63, 3.8) is 0 Å². The molecule has 0 amide bonds. The third-order valence-corrected chi connectivity index (χ3v) is 5.78. The molecule has 0 radical (unpaired) electrons. The molecule has 0 aliphatic carbocycles. The number of aryl methyl sites for hydroxylation is 1. The van der Waals surface area contributed by atoms with Crippen LogP contribution in [0.3, 0.4) is 0 Å². The minimum Gasteiger partial charge on any atom is -0.350 e. The van der Waals surface area contributed by atoms with Crippen LogP contribution in [0, 0.1) is 0 Å². The normalized spacial score (nSPS) is 12.5. The van der Waals surface area contributed by atoms with Crippen LogP contribution in [0.1, 0.15) is 22.6 Å². The highest BCUT2D eigenvalue weighted by molar-refractivity contribution is 5.85. The Hall–Kier alpha value is -3.32. The van der Waals surface area contributed by atoms with Gasteiger partial charge in [0.2, 0.25) is 0 Å². The Morgan fingerprint density at radius 2 is 1.39 bits per heavy atom. The fourth-order valence-electron chi connectivity index (χ4n) is 4.35. The number of hydrogen-bond acceptors (Lipinski definition) is 0. The van der Waals surface area contributed by atoms with Crippen LogP contribution >= 0.6 is 0 Å². The van der Waals surface area contributed by atoms with Crippen LogP contribution in [-0.4, -0.2) is 4.57 Å². The summed E-state index contributed by atoms with van der Waals surface area (Å²) in [7, 11) is 2.14. The molecule has 5 aromatic rings. The second-order valence-electron chi connectivity index (χ2n) is 7.56. The molecule has 0 aliphatic rings. The van der Waals surface area contributed by atoms with Crippen molar-refractivity contribution < 1.29 is 0 Å². The van der Waals surface area contributed by atoms with Gasteiger partial charge in [-0.2, -0.15) is 0 Å². The van der Waals surface area contributed by atoms with E-state index in [1.807, 2.05) is 0 Å². The lowest BCUT2D eigenvalue weighted by Gasteiger charge is -2.19. The van der Waals surface area contributed by atoms with E-state index in [1.165, 1.54) is 38.4 Å². The fourth-order valence-corrected chi connectivity index (χ4v) is 4.35. The summed E-state index contributed by atoms with van der Waals surface area (Å²) < 4.78 is 2.24. The first-order chi connectivity index (χ1) is 13.8. The molecule has 136 valence electrons. The van der Waals surface area contributed by atoms with E-state index < -0.39 is 0 Å². The molecule has 1 aromatic heterocycles. The number of fused-ring (bicyclic) bond motifs is 2. The van der Waals surface area contributed by atoms with Gasteiger partial charge in [-0.25, -0.2) is 0 Å². The lowest BCUT2D eigenvalue weighted by atomic mass is 9.85. The zero-order valence-electron chi connectivity index (χ0n) is 16.0. The van der Waals surface area contributed by atoms with Gasteiger partial charge in [0.05, 0.1) is 0 Å². The summed E-state index contributed by atoms with van der Waals surface area (Å²) in [5.74, 6) is 0.330. The molecular formula is C27H23N. The lowest BCUT2D eigenvalue weighted by molar-refractivity contribution is 0.805. The molecule has 0 aliphatic heterocycles. The van der Waals surface area contributed by atoms with Gasteiger partial charge in [-0.3, -0.25) is 0 Å². The highest BCUT2D eigenvalue weighted by atomic mass is 14.9. The van der Waals surface area contributed by atoms with E-state index in [0.717, 1.165) is 6.42 Å². The van der Waals surface area contributed by atoms with E-state index >= 15 is 0 Å². The molecule has 1 unspecified atom stereocenters. The Morgan fingerprint density at radius 1 is 0.679 bits per heavy atom. The number of nitrogens with zero attached hydrogens (tertiary/aromatic N) is 1. The largest absolute Gasteiger partial charge is 0.350 e. The number of para-hydroxylation sites is 1. The Balaban J connectivity index is 1.64. The van der Waals surface area contributed by atoms with E-state index in [2.05, 4.69) is 115 Å². The lowest BCUT2D eigenvalue weighted by Crippen LogP contribution is -2.05. The summed E-state index contributed by atoms with van der Waals surface area (Å²) in [6.07, 6.45) is 3.28. The molecule has 0 fully saturated rings. The van der Waals surface area contributed by atoms with Crippen molar-refractivity contribution in [2.24, 2.45) is 7.05 Å². The maximum Gasteiger partial charge on any atom is 0.0480 e. The van der Waals surface area contributed by atoms with Gasteiger partial charge >= 0.3 is 0 Å². The summed E-state index contributed by atoms with van der Waals surface area (Å²) >= 11 is 0. The highest BCUT2D eigenvalue weighted by Gasteiger charge is 2.18. The highest BCUT2D eigenvalue weighted by Crippen LogP contribution is 2.33. The van der Waals surface area contributed by atoms with Crippen LogP contribution in [0.4, 0.5) is 0 Å². The molecule has 1 nitrogen and oxygen atoms in total. The van der Waals surface area contributed by atoms with Crippen molar-refractivity contribution in [2.75, 3.05) is 0 Å². The van der Waals surface area contributed by atoms with Crippen molar-refractivity contribution in [1.29, 1.82) is 0 Å². The summed E-state index contributed by atoms with van der Waals surface area (Å²) in [6, 6.07) is 35.1. The third-order valence-electron chi connectivity index (χ3n) is 5.78. The average Bonchev–Trinajstić information content (AvgIpc) is 3.08. The first-order valence-corrected chi connectivity index (χ1v) is 9.86. The third kappa shape index (κ3) is 2.99. The molecular weight excluding hydrogens is 338 g/mol. The zero-order chi connectivity index (χ0) is 18.9. The molecule has 0 N–H and O–H groups in total. The van der Waals surface area contributed by atoms with Crippen LogP contribution in [0.5, 0.6) is 0 Å². The number of benzene rings is 4. The van der Waals surface area contributed by atoms with Gasteiger partial charge < -0.3 is 4.57 Å². The Kier molecular flexibility index (Phi) is 4.21. The molecule has 0 saturated carbocycles. The molecule has 0 bridgehead atoms. The first kappa shape index (κ1) is 16.8. The van der Waals surface area contributed by atoms with Crippen LogP contribution in [0.15, 0.2) is 103 Å². The van der Waals surface area contributed by atoms with Gasteiger partial charge in [-0.1, -0.05) is 91.0 Å². The summed E-state index contributed by atoms with van der Waals surface area (Å²) in [5.41, 5.74) is 5.44. The minimum absolute atomic E-state index is 0.330. The van der Waals surface area contributed by atoms with Crippen LogP contribution < -0.4 is 0 Å². The standard InChI is InChI=1S/C27H23N/c1-28-19-24(25-13-7-8-14-27(25)28)18-26(21-10-3-2-4-11-21)23-16-15-20-9-5-6-12-22(20)17-23/h2-17,19,26H,18H2,1H3. The van der Waals surface area contributed by atoms with Crippen LogP contribution in [-0.2, 0) is 13.5 Å². The summed E-state index contributed by atoms with van der Waals surface area (Å²) in [6.45, 7) is 0. The van der Waals surface area contributed by atoms with Crippen molar-refractivity contribution >= 4 is 21.7 Å². The molecule has 1 heteroatoms. The second-order valence-corrected chi connectivity index (χ2v) is 7.56. The van der Waals surface area contributed by atoms with E-state index in [1.54, 1.807) is 0 Å². The minimum atomic E-state index is 0.330. The number of hydrogen-bond donors (Lipinski definition) is 0. The molecule has 0 spiro atoms. The predicted molar refractivity (Wildman–Crippen MR) is 119 cm³/mol. The van der Waals surface area contributed by atoms with E-state index in [0.29, 0.717) is 5.92 Å². The van der Waals surface area contributed by atoms with Crippen molar-refractivity contribution in [3.05, 3.63) is 120 Å². The van der Waals surface area contributed by atoms with Gasteiger partial charge in [0.15, 0.2) is 0 Å². The maximum atomic E-state index is 2.36. The number of rotatable bonds is 4. The van der Waals surface area contributed by atoms with Crippen molar-refractivity contribution in [2.45, 2.75) is 12.3 Å². The summed E-state index contributed by atoms with van der Waals surface area (Å²) in [4.78, 5) is 0. The molecule has 1 heterocycles. The molecule has 4 aromatic carbocycles. The van der Waals surface area contributed by atoms with E-state index in [-0.39, 0.29) is 0 Å². The average molecular weight is 361 g/mol. The Labute approximate surface area is 165 Å². The second kappa shape index (κ2) is 7.01. The van der Waals surface area contributed by atoms with Crippen LogP contribution in [0.25, 0.3) is 21.7 Å². The maximum absolute atomic E-state index is 2.36. The van der Waals surface area contributed by atoms with Gasteiger partial charge in [0.1, 0.15) is 0 Å². The fraction of sp³-hybridized carbons (Fsp3) is 0.111. The van der Waals surface area contributed by atoms with Gasteiger partial charge in [0.25, 0.3) is 0 Å². The van der Waals surface area contributed by atoms with E-state index in [4.69, 9.17) is 0 Å². The first-order valence-electron chi connectivity index (χ1n) is 9.86. The smallest absolute Gasteiger partial charge is 0.0480 e. The van der Waals surface area contributed by atoms with Gasteiger partial charge in [-0.05, 0) is 39.9 Å². The van der Waals surface area contributed by atoms with Gasteiger partial charge in [0, 0.05) is 30.1 Å². The molecule has 1 atom stereocenters. The van der Waals surface area contributed by atoms with E-state index in [9.17, 15) is 0 Å². The van der Waals surface area contributed by atoms with Crippen molar-refractivity contribution in [1.82, 2.24) is 4.57 Å². The molecule has 0 saturated heterocycles. The topological polar surface area (TPSA) is 4.93 Å². The van der Waals surface area contributed by atoms with Crippen molar-refractivity contribution in [3.8, 4) is 0 Å². The Morgan fingerprint density at radius 3 is 2.25 bits per heavy atom. The number of aromatic nitrogens is 1. The quantitative estimate of drug-likeness (QED) is 0.335. The molecule has 5 rings (SSSR count). The Bertz CT molecular complexity index is 1250.